The van der Waals surface area contributed by atoms with Crippen LogP contribution < -0.4 is 0 Å². The number of aliphatic hydroxyl groups is 1. The van der Waals surface area contributed by atoms with Crippen LogP contribution in [-0.2, 0) is 4.79 Å². The van der Waals surface area contributed by atoms with Crippen molar-refractivity contribution in [1.82, 2.24) is 4.90 Å². The van der Waals surface area contributed by atoms with Gasteiger partial charge in [-0.1, -0.05) is 33.6 Å². The molecule has 0 bridgehead atoms. The van der Waals surface area contributed by atoms with Gasteiger partial charge in [-0.15, -0.1) is 0 Å². The number of aliphatic hydroxyl groups excluding tert-OH is 1. The van der Waals surface area contributed by atoms with Crippen molar-refractivity contribution in [2.75, 3.05) is 6.54 Å². The molecule has 0 aromatic carbocycles. The van der Waals surface area contributed by atoms with Crippen molar-refractivity contribution in [1.29, 1.82) is 0 Å². The van der Waals surface area contributed by atoms with Gasteiger partial charge in [-0.2, -0.15) is 0 Å². The molecule has 1 aliphatic carbocycles. The molecule has 1 aliphatic heterocycles. The maximum Gasteiger partial charge on any atom is 0.250 e. The molecule has 0 spiro atoms. The maximum absolute atomic E-state index is 11.8. The molecule has 2 rings (SSSR count). The highest BCUT2D eigenvalue weighted by atomic mass is 16.3. The van der Waals surface area contributed by atoms with Gasteiger partial charge in [0.25, 0.3) is 5.91 Å². The van der Waals surface area contributed by atoms with Crippen LogP contribution in [0.5, 0.6) is 0 Å². The normalized spacial score (nSPS) is 26.2. The minimum atomic E-state index is -0.140. The Morgan fingerprint density at radius 2 is 2.06 bits per heavy atom. The third-order valence-electron chi connectivity index (χ3n) is 3.44. The average Bonchev–Trinajstić information content (AvgIpc) is 2.88. The Bertz CT molecular complexity index is 323. The number of rotatable bonds is 3. The van der Waals surface area contributed by atoms with E-state index in [0.717, 1.165) is 18.9 Å². The van der Waals surface area contributed by atoms with Crippen molar-refractivity contribution < 1.29 is 9.90 Å². The van der Waals surface area contributed by atoms with Gasteiger partial charge in [0, 0.05) is 12.6 Å². The molecule has 2 aliphatic rings. The quantitative estimate of drug-likeness (QED) is 0.798. The Balaban J connectivity index is 2.05. The van der Waals surface area contributed by atoms with Crippen LogP contribution in [0.2, 0.25) is 0 Å². The second-order valence-corrected chi connectivity index (χ2v) is 6.10. The maximum atomic E-state index is 11.8. The van der Waals surface area contributed by atoms with Gasteiger partial charge in [0.15, 0.2) is 0 Å². The van der Waals surface area contributed by atoms with Crippen molar-refractivity contribution in [3.8, 4) is 0 Å². The molecule has 1 atom stereocenters. The topological polar surface area (TPSA) is 40.5 Å². The highest BCUT2D eigenvalue weighted by molar-refractivity contribution is 5.91. The molecule has 1 heterocycles. The fourth-order valence-electron chi connectivity index (χ4n) is 2.45. The summed E-state index contributed by atoms with van der Waals surface area (Å²) in [5.41, 5.74) is -0.101. The SMILES string of the molecule is CC(C)(C)[C@H]1C(O)=CC(=O)N1CCC1CC1. The minimum absolute atomic E-state index is 0.0296. The molecule has 0 saturated heterocycles. The highest BCUT2D eigenvalue weighted by Crippen LogP contribution is 2.36. The Morgan fingerprint density at radius 3 is 2.56 bits per heavy atom. The van der Waals surface area contributed by atoms with Crippen LogP contribution in [0.15, 0.2) is 11.8 Å². The predicted octanol–water partition coefficient (Wildman–Crippen LogP) is 2.49. The van der Waals surface area contributed by atoms with E-state index in [9.17, 15) is 9.90 Å². The first-order chi connectivity index (χ1) is 7.39. The molecule has 3 heteroatoms. The van der Waals surface area contributed by atoms with Crippen LogP contribution in [0, 0.1) is 11.3 Å². The number of carbonyl (C=O) groups is 1. The van der Waals surface area contributed by atoms with Crippen LogP contribution in [0.1, 0.15) is 40.0 Å². The summed E-state index contributed by atoms with van der Waals surface area (Å²) in [6.45, 7) is 6.96. The lowest BCUT2D eigenvalue weighted by molar-refractivity contribution is -0.128. The first kappa shape index (κ1) is 11.5. The minimum Gasteiger partial charge on any atom is -0.510 e. The van der Waals surface area contributed by atoms with Gasteiger partial charge in [-0.05, 0) is 17.8 Å². The second-order valence-electron chi connectivity index (χ2n) is 6.10. The first-order valence-electron chi connectivity index (χ1n) is 6.11. The Labute approximate surface area is 97.1 Å². The van der Waals surface area contributed by atoms with Gasteiger partial charge >= 0.3 is 0 Å². The summed E-state index contributed by atoms with van der Waals surface area (Å²) in [6, 6.07) is -0.140. The van der Waals surface area contributed by atoms with Gasteiger partial charge in [0.2, 0.25) is 0 Å². The Morgan fingerprint density at radius 1 is 1.44 bits per heavy atom. The Kier molecular flexibility index (Phi) is 2.72. The number of hydrogen-bond donors (Lipinski definition) is 1. The first-order valence-corrected chi connectivity index (χ1v) is 6.11. The van der Waals surface area contributed by atoms with Crippen molar-refractivity contribution in [2.45, 2.75) is 46.1 Å². The summed E-state index contributed by atoms with van der Waals surface area (Å²) < 4.78 is 0. The summed E-state index contributed by atoms with van der Waals surface area (Å²) in [4.78, 5) is 13.6. The molecule has 16 heavy (non-hydrogen) atoms. The lowest BCUT2D eigenvalue weighted by atomic mass is 9.85. The fourth-order valence-corrected chi connectivity index (χ4v) is 2.45. The molecule has 1 saturated carbocycles. The van der Waals surface area contributed by atoms with Crippen molar-refractivity contribution >= 4 is 5.91 Å². The lowest BCUT2D eigenvalue weighted by Gasteiger charge is -2.35. The summed E-state index contributed by atoms with van der Waals surface area (Å²) in [5, 5.41) is 9.84. The third kappa shape index (κ3) is 2.23. The lowest BCUT2D eigenvalue weighted by Crippen LogP contribution is -2.44. The summed E-state index contributed by atoms with van der Waals surface area (Å²) in [7, 11) is 0. The number of amides is 1. The third-order valence-corrected chi connectivity index (χ3v) is 3.44. The van der Waals surface area contributed by atoms with Crippen molar-refractivity contribution in [2.24, 2.45) is 11.3 Å². The van der Waals surface area contributed by atoms with Gasteiger partial charge in [-0.25, -0.2) is 0 Å². The molecule has 0 unspecified atom stereocenters. The fraction of sp³-hybridized carbons (Fsp3) is 0.769. The van der Waals surface area contributed by atoms with Crippen molar-refractivity contribution in [3.63, 3.8) is 0 Å². The van der Waals surface area contributed by atoms with E-state index in [1.165, 1.54) is 18.9 Å². The van der Waals surface area contributed by atoms with Gasteiger partial charge in [0.1, 0.15) is 5.76 Å². The average molecular weight is 223 g/mol. The second kappa shape index (κ2) is 3.79. The van der Waals surface area contributed by atoms with E-state index < -0.39 is 0 Å². The van der Waals surface area contributed by atoms with E-state index >= 15 is 0 Å². The van der Waals surface area contributed by atoms with Crippen molar-refractivity contribution in [3.05, 3.63) is 11.8 Å². The van der Waals surface area contributed by atoms with E-state index in [1.54, 1.807) is 0 Å². The summed E-state index contributed by atoms with van der Waals surface area (Å²) in [5.74, 6) is 1.02. The highest BCUT2D eigenvalue weighted by Gasteiger charge is 2.41. The van der Waals surface area contributed by atoms with Gasteiger partial charge in [0.05, 0.1) is 6.04 Å². The zero-order valence-electron chi connectivity index (χ0n) is 10.4. The number of nitrogens with zero attached hydrogens (tertiary/aromatic N) is 1. The van der Waals surface area contributed by atoms with Crippen LogP contribution in [0.3, 0.4) is 0 Å². The molecule has 90 valence electrons. The van der Waals surface area contributed by atoms with E-state index in [0.29, 0.717) is 0 Å². The van der Waals surface area contributed by atoms with Crippen LogP contribution in [-0.4, -0.2) is 28.5 Å². The molecule has 0 aromatic rings. The van der Waals surface area contributed by atoms with Crippen LogP contribution in [0.25, 0.3) is 0 Å². The Hall–Kier alpha value is -0.990. The molecule has 3 nitrogen and oxygen atoms in total. The van der Waals surface area contributed by atoms with E-state index in [4.69, 9.17) is 0 Å². The van der Waals surface area contributed by atoms with E-state index in [2.05, 4.69) is 20.8 Å². The monoisotopic (exact) mass is 223 g/mol. The number of hydrogen-bond acceptors (Lipinski definition) is 2. The van der Waals surface area contributed by atoms with Crippen LogP contribution >= 0.6 is 0 Å². The zero-order chi connectivity index (χ0) is 11.9. The van der Waals surface area contributed by atoms with Crippen LogP contribution in [0.4, 0.5) is 0 Å². The van der Waals surface area contributed by atoms with Gasteiger partial charge < -0.3 is 10.0 Å². The molecular weight excluding hydrogens is 202 g/mol. The van der Waals surface area contributed by atoms with Gasteiger partial charge in [-0.3, -0.25) is 4.79 Å². The smallest absolute Gasteiger partial charge is 0.250 e. The summed E-state index contributed by atoms with van der Waals surface area (Å²) in [6.07, 6.45) is 5.07. The largest absolute Gasteiger partial charge is 0.510 e. The molecular formula is C13H21NO2. The number of carbonyl (C=O) groups excluding carboxylic acids is 1. The summed E-state index contributed by atoms with van der Waals surface area (Å²) >= 11 is 0. The van der Waals surface area contributed by atoms with E-state index in [-0.39, 0.29) is 23.1 Å². The zero-order valence-corrected chi connectivity index (χ0v) is 10.4. The molecule has 1 N–H and O–H groups in total. The molecule has 1 amide bonds. The molecule has 1 fully saturated rings. The molecule has 0 aromatic heterocycles. The predicted molar refractivity (Wildman–Crippen MR) is 63.0 cm³/mol. The standard InChI is InChI=1S/C13H21NO2/c1-13(2,3)12-10(15)8-11(16)14(12)7-6-9-4-5-9/h8-9,12,15H,4-7H2,1-3H3/t12-/m1/s1. The molecule has 0 radical (unpaired) electrons. The van der Waals surface area contributed by atoms with E-state index in [1.807, 2.05) is 4.90 Å².